The fraction of sp³-hybridized carbons (Fsp3) is 0.471. The van der Waals surface area contributed by atoms with Gasteiger partial charge in [0.1, 0.15) is 12.1 Å². The van der Waals surface area contributed by atoms with Crippen LogP contribution in [0, 0.1) is 5.92 Å². The molecular formula is C17H25N5O2. The molecule has 0 aliphatic rings. The van der Waals surface area contributed by atoms with Gasteiger partial charge in [0.2, 0.25) is 0 Å². The molecule has 0 radical (unpaired) electrons. The monoisotopic (exact) mass is 331 g/mol. The van der Waals surface area contributed by atoms with Crippen molar-refractivity contribution in [3.05, 3.63) is 42.6 Å². The predicted molar refractivity (Wildman–Crippen MR) is 91.7 cm³/mol. The Morgan fingerprint density at radius 3 is 2.79 bits per heavy atom. The fourth-order valence-electron chi connectivity index (χ4n) is 2.19. The second-order valence-electron chi connectivity index (χ2n) is 6.20. The fourth-order valence-corrected chi connectivity index (χ4v) is 2.19. The number of imidazole rings is 1. The van der Waals surface area contributed by atoms with E-state index >= 15 is 0 Å². The number of hydrogen-bond donors (Lipinski definition) is 3. The molecule has 0 bridgehead atoms. The highest BCUT2D eigenvalue weighted by Crippen LogP contribution is 2.18. The standard InChI is InChI=1S/C17H25N5O2/c1-4-13(2)17(3,24)11-21-16(23)20-10-14-5-6-15(19-9-14)22-8-7-18-12-22/h5-9,12-13,24H,4,10-11H2,1-3H3,(H2,20,21,23). The van der Waals surface area contributed by atoms with Crippen LogP contribution < -0.4 is 10.6 Å². The molecular weight excluding hydrogens is 306 g/mol. The lowest BCUT2D eigenvalue weighted by molar-refractivity contribution is 0.00790. The van der Waals surface area contributed by atoms with Gasteiger partial charge in [-0.3, -0.25) is 4.57 Å². The first-order valence-electron chi connectivity index (χ1n) is 8.09. The van der Waals surface area contributed by atoms with E-state index in [-0.39, 0.29) is 18.5 Å². The number of urea groups is 1. The van der Waals surface area contributed by atoms with Crippen LogP contribution in [0.25, 0.3) is 5.82 Å². The third kappa shape index (κ3) is 4.79. The van der Waals surface area contributed by atoms with Crippen LogP contribution in [0.4, 0.5) is 4.79 Å². The molecule has 7 heteroatoms. The topological polar surface area (TPSA) is 92.1 Å². The van der Waals surface area contributed by atoms with Gasteiger partial charge in [0.05, 0.1) is 5.60 Å². The van der Waals surface area contributed by atoms with Crippen molar-refractivity contribution in [1.82, 2.24) is 25.2 Å². The van der Waals surface area contributed by atoms with E-state index in [2.05, 4.69) is 20.6 Å². The first-order chi connectivity index (χ1) is 11.4. The van der Waals surface area contributed by atoms with Gasteiger partial charge in [-0.05, 0) is 24.5 Å². The molecule has 2 rings (SSSR count). The van der Waals surface area contributed by atoms with Gasteiger partial charge < -0.3 is 15.7 Å². The summed E-state index contributed by atoms with van der Waals surface area (Å²) < 4.78 is 1.81. The van der Waals surface area contributed by atoms with E-state index < -0.39 is 5.60 Å². The van der Waals surface area contributed by atoms with Crippen LogP contribution in [0.2, 0.25) is 0 Å². The molecule has 0 fully saturated rings. The number of aliphatic hydroxyl groups is 1. The number of carbonyl (C=O) groups is 1. The lowest BCUT2D eigenvalue weighted by Crippen LogP contribution is -2.47. The van der Waals surface area contributed by atoms with Crippen molar-refractivity contribution in [3.63, 3.8) is 0 Å². The zero-order chi connectivity index (χ0) is 17.6. The smallest absolute Gasteiger partial charge is 0.315 e. The molecule has 2 amide bonds. The summed E-state index contributed by atoms with van der Waals surface area (Å²) in [7, 11) is 0. The Bertz CT molecular complexity index is 638. The minimum atomic E-state index is -0.917. The SMILES string of the molecule is CCC(C)C(C)(O)CNC(=O)NCc1ccc(-n2ccnc2)nc1. The molecule has 7 nitrogen and oxygen atoms in total. The maximum atomic E-state index is 11.9. The highest BCUT2D eigenvalue weighted by molar-refractivity contribution is 5.73. The number of aromatic nitrogens is 3. The van der Waals surface area contributed by atoms with Crippen LogP contribution in [0.1, 0.15) is 32.8 Å². The van der Waals surface area contributed by atoms with Gasteiger partial charge in [0.15, 0.2) is 0 Å². The average molecular weight is 331 g/mol. The van der Waals surface area contributed by atoms with Crippen LogP contribution in [0.5, 0.6) is 0 Å². The van der Waals surface area contributed by atoms with Crippen LogP contribution in [0.3, 0.4) is 0 Å². The summed E-state index contributed by atoms with van der Waals surface area (Å²) in [5.74, 6) is 0.878. The van der Waals surface area contributed by atoms with E-state index in [1.807, 2.05) is 32.2 Å². The summed E-state index contributed by atoms with van der Waals surface area (Å²) >= 11 is 0. The number of pyridine rings is 1. The Morgan fingerprint density at radius 1 is 1.42 bits per heavy atom. The van der Waals surface area contributed by atoms with E-state index in [4.69, 9.17) is 0 Å². The summed E-state index contributed by atoms with van der Waals surface area (Å²) in [6.45, 7) is 6.30. The van der Waals surface area contributed by atoms with Crippen molar-refractivity contribution in [3.8, 4) is 5.82 Å². The summed E-state index contributed by atoms with van der Waals surface area (Å²) in [4.78, 5) is 20.2. The number of nitrogens with zero attached hydrogens (tertiary/aromatic N) is 3. The number of rotatable bonds is 7. The molecule has 0 aliphatic carbocycles. The van der Waals surface area contributed by atoms with Gasteiger partial charge in [-0.2, -0.15) is 0 Å². The lowest BCUT2D eigenvalue weighted by atomic mass is 9.89. The van der Waals surface area contributed by atoms with E-state index in [0.717, 1.165) is 17.8 Å². The second kappa shape index (κ2) is 7.92. The van der Waals surface area contributed by atoms with E-state index in [1.165, 1.54) is 0 Å². The number of carbonyl (C=O) groups excluding carboxylic acids is 1. The molecule has 2 atom stereocenters. The Hall–Kier alpha value is -2.41. The normalized spacial score (nSPS) is 14.7. The van der Waals surface area contributed by atoms with Gasteiger partial charge in [-0.25, -0.2) is 14.8 Å². The van der Waals surface area contributed by atoms with Crippen molar-refractivity contribution >= 4 is 6.03 Å². The number of amides is 2. The number of nitrogens with one attached hydrogen (secondary N) is 2. The molecule has 0 spiro atoms. The van der Waals surface area contributed by atoms with Crippen molar-refractivity contribution in [2.24, 2.45) is 5.92 Å². The van der Waals surface area contributed by atoms with Crippen LogP contribution in [-0.2, 0) is 6.54 Å². The largest absolute Gasteiger partial charge is 0.388 e. The van der Waals surface area contributed by atoms with Crippen LogP contribution >= 0.6 is 0 Å². The highest BCUT2D eigenvalue weighted by atomic mass is 16.3. The molecule has 2 unspecified atom stereocenters. The van der Waals surface area contributed by atoms with Gasteiger partial charge in [-0.1, -0.05) is 26.3 Å². The molecule has 3 N–H and O–H groups in total. The van der Waals surface area contributed by atoms with Gasteiger partial charge in [-0.15, -0.1) is 0 Å². The summed E-state index contributed by atoms with van der Waals surface area (Å²) in [6, 6.07) is 3.46. The molecule has 0 saturated heterocycles. The number of hydrogen-bond acceptors (Lipinski definition) is 4. The lowest BCUT2D eigenvalue weighted by Gasteiger charge is -2.29. The van der Waals surface area contributed by atoms with Gasteiger partial charge in [0.25, 0.3) is 0 Å². The van der Waals surface area contributed by atoms with Crippen molar-refractivity contribution in [1.29, 1.82) is 0 Å². The maximum Gasteiger partial charge on any atom is 0.315 e. The molecule has 0 aliphatic heterocycles. The zero-order valence-corrected chi connectivity index (χ0v) is 14.4. The van der Waals surface area contributed by atoms with Crippen molar-refractivity contribution in [2.45, 2.75) is 39.3 Å². The van der Waals surface area contributed by atoms with Crippen molar-refractivity contribution in [2.75, 3.05) is 6.54 Å². The summed E-state index contributed by atoms with van der Waals surface area (Å²) in [5, 5.41) is 15.7. The molecule has 130 valence electrons. The quantitative estimate of drug-likeness (QED) is 0.722. The molecule has 2 aromatic heterocycles. The Morgan fingerprint density at radius 2 is 2.21 bits per heavy atom. The average Bonchev–Trinajstić information content (AvgIpc) is 3.12. The minimum Gasteiger partial charge on any atom is -0.388 e. The molecule has 0 aromatic carbocycles. The molecule has 24 heavy (non-hydrogen) atoms. The van der Waals surface area contributed by atoms with Crippen LogP contribution in [-0.4, -0.2) is 37.8 Å². The van der Waals surface area contributed by atoms with Gasteiger partial charge >= 0.3 is 6.03 Å². The van der Waals surface area contributed by atoms with Crippen molar-refractivity contribution < 1.29 is 9.90 Å². The third-order valence-electron chi connectivity index (χ3n) is 4.31. The van der Waals surface area contributed by atoms with E-state index in [9.17, 15) is 9.90 Å². The van der Waals surface area contributed by atoms with E-state index in [0.29, 0.717) is 6.54 Å². The maximum absolute atomic E-state index is 11.9. The molecule has 0 saturated carbocycles. The highest BCUT2D eigenvalue weighted by Gasteiger charge is 2.27. The first-order valence-corrected chi connectivity index (χ1v) is 8.09. The first kappa shape index (κ1) is 17.9. The minimum absolute atomic E-state index is 0.109. The summed E-state index contributed by atoms with van der Waals surface area (Å²) in [5.41, 5.74) is -0.0252. The van der Waals surface area contributed by atoms with E-state index in [1.54, 1.807) is 30.2 Å². The van der Waals surface area contributed by atoms with Crippen LogP contribution in [0.15, 0.2) is 37.1 Å². The second-order valence-corrected chi connectivity index (χ2v) is 6.20. The Balaban J connectivity index is 1.79. The summed E-state index contributed by atoms with van der Waals surface area (Å²) in [6.07, 6.45) is 7.75. The third-order valence-corrected chi connectivity index (χ3v) is 4.31. The molecule has 2 aromatic rings. The molecule has 2 heterocycles. The predicted octanol–water partition coefficient (Wildman–Crippen LogP) is 1.86. The van der Waals surface area contributed by atoms with Gasteiger partial charge in [0, 0.05) is 31.7 Å². The Labute approximate surface area is 142 Å². The Kier molecular flexibility index (Phi) is 5.92. The zero-order valence-electron chi connectivity index (χ0n) is 14.4.